The lowest BCUT2D eigenvalue weighted by atomic mass is 9.83. The second-order valence-electron chi connectivity index (χ2n) is 10.0. The molecule has 0 saturated heterocycles. The summed E-state index contributed by atoms with van der Waals surface area (Å²) < 4.78 is 0. The third-order valence-electron chi connectivity index (χ3n) is 7.26. The molecule has 1 saturated carbocycles. The number of carbonyl (C=O) groups excluding carboxylic acids is 1. The van der Waals surface area contributed by atoms with Gasteiger partial charge in [0.1, 0.15) is 0 Å². The minimum Gasteiger partial charge on any atom is -0.394 e. The Morgan fingerprint density at radius 1 is 1.24 bits per heavy atom. The van der Waals surface area contributed by atoms with Crippen LogP contribution in [0.2, 0.25) is 0 Å². The van der Waals surface area contributed by atoms with Crippen LogP contribution in [0, 0.1) is 11.3 Å². The van der Waals surface area contributed by atoms with Gasteiger partial charge in [-0.15, -0.1) is 0 Å². The number of rotatable bonds is 4. The molecule has 5 nitrogen and oxygen atoms in total. The zero-order valence-electron chi connectivity index (χ0n) is 17.5. The van der Waals surface area contributed by atoms with Crippen molar-refractivity contribution in [1.29, 1.82) is 0 Å². The molecular formula is C24H31N3O2. The van der Waals surface area contributed by atoms with E-state index in [-0.39, 0.29) is 24.0 Å². The van der Waals surface area contributed by atoms with Gasteiger partial charge in [-0.1, -0.05) is 39.2 Å². The van der Waals surface area contributed by atoms with Gasteiger partial charge in [-0.2, -0.15) is 5.10 Å². The Morgan fingerprint density at radius 3 is 2.79 bits per heavy atom. The fraction of sp³-hybridized carbons (Fsp3) is 0.583. The second kappa shape index (κ2) is 6.98. The number of aliphatic hydroxyl groups excluding tert-OH is 1. The molecule has 1 aromatic heterocycles. The fourth-order valence-electron chi connectivity index (χ4n) is 5.78. The van der Waals surface area contributed by atoms with E-state index < -0.39 is 0 Å². The molecule has 154 valence electrons. The lowest BCUT2D eigenvalue weighted by Crippen LogP contribution is -2.44. The van der Waals surface area contributed by atoms with E-state index in [2.05, 4.69) is 30.1 Å². The lowest BCUT2D eigenvalue weighted by Gasteiger charge is -2.35. The fourth-order valence-corrected chi connectivity index (χ4v) is 5.78. The molecule has 2 aliphatic carbocycles. The first-order valence-corrected chi connectivity index (χ1v) is 11.1. The van der Waals surface area contributed by atoms with Crippen molar-refractivity contribution in [3.8, 4) is 11.3 Å². The number of aromatic nitrogens is 2. The van der Waals surface area contributed by atoms with Crippen molar-refractivity contribution in [1.82, 2.24) is 15.1 Å². The summed E-state index contributed by atoms with van der Waals surface area (Å²) in [5.41, 5.74) is 6.83. The summed E-state index contributed by atoms with van der Waals surface area (Å²) in [6, 6.07) is 6.08. The topological polar surface area (TPSA) is 69.2 Å². The summed E-state index contributed by atoms with van der Waals surface area (Å²) in [5, 5.41) is 17.9. The minimum atomic E-state index is -0.0610. The highest BCUT2D eigenvalue weighted by Crippen LogP contribution is 2.41. The molecule has 5 rings (SSSR count). The van der Waals surface area contributed by atoms with Crippen LogP contribution in [0.3, 0.4) is 0 Å². The van der Waals surface area contributed by atoms with E-state index in [0.29, 0.717) is 12.5 Å². The summed E-state index contributed by atoms with van der Waals surface area (Å²) >= 11 is 0. The van der Waals surface area contributed by atoms with Gasteiger partial charge in [-0.05, 0) is 54.7 Å². The summed E-state index contributed by atoms with van der Waals surface area (Å²) in [5.74, 6) is 0.493. The number of hydrogen-bond donors (Lipinski definition) is 2. The zero-order valence-corrected chi connectivity index (χ0v) is 17.5. The van der Waals surface area contributed by atoms with Gasteiger partial charge in [0.05, 0.1) is 18.3 Å². The summed E-state index contributed by atoms with van der Waals surface area (Å²) in [6.07, 6.45) is 7.99. The Balaban J connectivity index is 1.42. The monoisotopic (exact) mass is 393 g/mol. The molecule has 1 unspecified atom stereocenters. The van der Waals surface area contributed by atoms with Gasteiger partial charge in [0.15, 0.2) is 0 Å². The van der Waals surface area contributed by atoms with Gasteiger partial charge in [0, 0.05) is 28.9 Å². The van der Waals surface area contributed by atoms with E-state index in [1.165, 1.54) is 30.5 Å². The first kappa shape index (κ1) is 18.9. The number of benzene rings is 1. The maximum absolute atomic E-state index is 13.1. The Labute approximate surface area is 172 Å². The Hall–Kier alpha value is -2.14. The molecule has 1 atom stereocenters. The number of nitrogens with one attached hydrogen (secondary N) is 1. The van der Waals surface area contributed by atoms with Crippen molar-refractivity contribution >= 4 is 5.91 Å². The standard InChI is InChI=1S/C24H31N3O2/c1-24(2)11-19-20(12-24)25-26-22(19)16-8-9-18-17(10-16)13-27(23(18)29)21(14-28)15-6-4-3-5-7-15/h8-10,15,21,28H,3-7,11-14H2,1-2H3,(H,25,26). The van der Waals surface area contributed by atoms with Gasteiger partial charge < -0.3 is 10.0 Å². The van der Waals surface area contributed by atoms with Crippen LogP contribution in [0.15, 0.2) is 18.2 Å². The van der Waals surface area contributed by atoms with E-state index in [0.717, 1.165) is 48.1 Å². The molecule has 1 aliphatic heterocycles. The number of H-pyrrole nitrogens is 1. The van der Waals surface area contributed by atoms with E-state index in [4.69, 9.17) is 0 Å². The quantitative estimate of drug-likeness (QED) is 0.822. The predicted octanol–water partition coefficient (Wildman–Crippen LogP) is 4.10. The number of carbonyl (C=O) groups is 1. The molecule has 29 heavy (non-hydrogen) atoms. The maximum Gasteiger partial charge on any atom is 0.254 e. The van der Waals surface area contributed by atoms with Crippen LogP contribution in [-0.2, 0) is 19.4 Å². The number of hydrogen-bond acceptors (Lipinski definition) is 3. The largest absolute Gasteiger partial charge is 0.394 e. The summed E-state index contributed by atoms with van der Waals surface area (Å²) in [4.78, 5) is 15.0. The molecule has 0 spiro atoms. The van der Waals surface area contributed by atoms with Crippen molar-refractivity contribution < 1.29 is 9.90 Å². The molecule has 0 radical (unpaired) electrons. The molecule has 1 aromatic carbocycles. The van der Waals surface area contributed by atoms with Gasteiger partial charge in [0.25, 0.3) is 5.91 Å². The molecule has 1 amide bonds. The molecule has 2 aromatic rings. The van der Waals surface area contributed by atoms with Gasteiger partial charge >= 0.3 is 0 Å². The number of fused-ring (bicyclic) bond motifs is 2. The highest BCUT2D eigenvalue weighted by atomic mass is 16.3. The van der Waals surface area contributed by atoms with Crippen LogP contribution >= 0.6 is 0 Å². The van der Waals surface area contributed by atoms with Crippen molar-refractivity contribution in [3.05, 3.63) is 40.6 Å². The molecular weight excluding hydrogens is 362 g/mol. The lowest BCUT2D eigenvalue weighted by molar-refractivity contribution is 0.0439. The van der Waals surface area contributed by atoms with Crippen LogP contribution in [0.1, 0.15) is 73.1 Å². The van der Waals surface area contributed by atoms with Crippen molar-refractivity contribution in [2.75, 3.05) is 6.61 Å². The maximum atomic E-state index is 13.1. The van der Waals surface area contributed by atoms with Gasteiger partial charge in [-0.3, -0.25) is 9.89 Å². The molecule has 1 fully saturated rings. The minimum absolute atomic E-state index is 0.0548. The third kappa shape index (κ3) is 3.20. The molecule has 5 heteroatoms. The predicted molar refractivity (Wildman–Crippen MR) is 113 cm³/mol. The van der Waals surface area contributed by atoms with E-state index in [1.807, 2.05) is 17.0 Å². The highest BCUT2D eigenvalue weighted by Gasteiger charge is 2.37. The SMILES string of the molecule is CC1(C)Cc2[nH]nc(-c3ccc4c(c3)CN(C(CO)C3CCCCC3)C4=O)c2C1. The van der Waals surface area contributed by atoms with Crippen LogP contribution < -0.4 is 0 Å². The zero-order chi connectivity index (χ0) is 20.2. The number of aromatic amines is 1. The van der Waals surface area contributed by atoms with Crippen LogP contribution in [-0.4, -0.2) is 38.8 Å². The van der Waals surface area contributed by atoms with E-state index >= 15 is 0 Å². The van der Waals surface area contributed by atoms with Crippen LogP contribution in [0.4, 0.5) is 0 Å². The van der Waals surface area contributed by atoms with Crippen molar-refractivity contribution in [2.24, 2.45) is 11.3 Å². The first-order valence-electron chi connectivity index (χ1n) is 11.1. The number of aliphatic hydroxyl groups is 1. The third-order valence-corrected chi connectivity index (χ3v) is 7.26. The average molecular weight is 394 g/mol. The average Bonchev–Trinajstić information content (AvgIpc) is 3.33. The van der Waals surface area contributed by atoms with Crippen molar-refractivity contribution in [2.45, 2.75) is 71.4 Å². The van der Waals surface area contributed by atoms with E-state index in [9.17, 15) is 9.90 Å². The number of amides is 1. The summed E-state index contributed by atoms with van der Waals surface area (Å²) in [7, 11) is 0. The summed E-state index contributed by atoms with van der Waals surface area (Å²) in [6.45, 7) is 5.25. The van der Waals surface area contributed by atoms with Crippen molar-refractivity contribution in [3.63, 3.8) is 0 Å². The highest BCUT2D eigenvalue weighted by molar-refractivity contribution is 5.99. The Kier molecular flexibility index (Phi) is 4.54. The molecule has 2 heterocycles. The second-order valence-corrected chi connectivity index (χ2v) is 10.0. The van der Waals surface area contributed by atoms with Crippen LogP contribution in [0.25, 0.3) is 11.3 Å². The first-order chi connectivity index (χ1) is 14.0. The Bertz CT molecular complexity index is 940. The Morgan fingerprint density at radius 2 is 2.03 bits per heavy atom. The molecule has 2 N–H and O–H groups in total. The number of nitrogens with zero attached hydrogens (tertiary/aromatic N) is 2. The smallest absolute Gasteiger partial charge is 0.254 e. The van der Waals surface area contributed by atoms with Gasteiger partial charge in [0.2, 0.25) is 0 Å². The van der Waals surface area contributed by atoms with Gasteiger partial charge in [-0.25, -0.2) is 0 Å². The van der Waals surface area contributed by atoms with Crippen LogP contribution in [0.5, 0.6) is 0 Å². The normalized spacial score (nSPS) is 22.0. The molecule has 0 bridgehead atoms. The van der Waals surface area contributed by atoms with E-state index in [1.54, 1.807) is 0 Å². The molecule has 3 aliphatic rings.